The Labute approximate surface area is 114 Å². The summed E-state index contributed by atoms with van der Waals surface area (Å²) in [5.74, 6) is -0.996. The van der Waals surface area contributed by atoms with Crippen LogP contribution >= 0.6 is 0 Å². The SMILES string of the molecule is Cc1c(C(=O)O)cnn1CCc1ccc([N+](=O)[O-])cc1. The molecule has 1 heterocycles. The molecule has 104 valence electrons. The molecule has 0 aliphatic heterocycles. The summed E-state index contributed by atoms with van der Waals surface area (Å²) in [7, 11) is 0. The molecular weight excluding hydrogens is 262 g/mol. The topological polar surface area (TPSA) is 98.3 Å². The zero-order chi connectivity index (χ0) is 14.7. The van der Waals surface area contributed by atoms with Gasteiger partial charge in [0.05, 0.1) is 11.1 Å². The highest BCUT2D eigenvalue weighted by Gasteiger charge is 2.12. The molecule has 2 rings (SSSR count). The largest absolute Gasteiger partial charge is 0.478 e. The average Bonchev–Trinajstić information content (AvgIpc) is 2.78. The summed E-state index contributed by atoms with van der Waals surface area (Å²) >= 11 is 0. The van der Waals surface area contributed by atoms with E-state index in [4.69, 9.17) is 5.11 Å². The molecule has 20 heavy (non-hydrogen) atoms. The van der Waals surface area contributed by atoms with Gasteiger partial charge in [-0.15, -0.1) is 0 Å². The molecule has 1 N–H and O–H groups in total. The van der Waals surface area contributed by atoms with Crippen molar-refractivity contribution in [3.05, 3.63) is 57.4 Å². The quantitative estimate of drug-likeness (QED) is 0.665. The van der Waals surface area contributed by atoms with Crippen LogP contribution in [-0.4, -0.2) is 25.8 Å². The highest BCUT2D eigenvalue weighted by molar-refractivity contribution is 5.88. The third-order valence-corrected chi connectivity index (χ3v) is 3.09. The summed E-state index contributed by atoms with van der Waals surface area (Å²) in [6, 6.07) is 6.28. The summed E-state index contributed by atoms with van der Waals surface area (Å²) in [4.78, 5) is 21.0. The summed E-state index contributed by atoms with van der Waals surface area (Å²) in [5.41, 5.74) is 1.77. The molecule has 7 nitrogen and oxygen atoms in total. The maximum atomic E-state index is 10.9. The molecule has 0 aliphatic carbocycles. The molecule has 0 unspecified atom stereocenters. The molecule has 0 saturated carbocycles. The third kappa shape index (κ3) is 2.82. The lowest BCUT2D eigenvalue weighted by atomic mass is 10.1. The normalized spacial score (nSPS) is 10.4. The van der Waals surface area contributed by atoms with E-state index >= 15 is 0 Å². The number of hydrogen-bond acceptors (Lipinski definition) is 4. The molecule has 1 aromatic carbocycles. The van der Waals surface area contributed by atoms with E-state index in [2.05, 4.69) is 5.10 Å². The van der Waals surface area contributed by atoms with E-state index in [-0.39, 0.29) is 11.3 Å². The first-order chi connectivity index (χ1) is 9.49. The lowest BCUT2D eigenvalue weighted by Crippen LogP contribution is -2.07. The molecule has 2 aromatic rings. The van der Waals surface area contributed by atoms with Gasteiger partial charge in [0.15, 0.2) is 0 Å². The molecule has 0 atom stereocenters. The number of aryl methyl sites for hydroxylation is 2. The van der Waals surface area contributed by atoms with E-state index in [1.165, 1.54) is 18.3 Å². The Hall–Kier alpha value is -2.70. The van der Waals surface area contributed by atoms with Crippen molar-refractivity contribution in [2.75, 3.05) is 0 Å². The number of benzene rings is 1. The van der Waals surface area contributed by atoms with E-state index in [9.17, 15) is 14.9 Å². The smallest absolute Gasteiger partial charge is 0.339 e. The highest BCUT2D eigenvalue weighted by Crippen LogP contribution is 2.13. The second-order valence-electron chi connectivity index (χ2n) is 4.35. The van der Waals surface area contributed by atoms with Crippen LogP contribution in [-0.2, 0) is 13.0 Å². The van der Waals surface area contributed by atoms with Crippen molar-refractivity contribution in [2.24, 2.45) is 0 Å². The van der Waals surface area contributed by atoms with Crippen LogP contribution in [0.3, 0.4) is 0 Å². The van der Waals surface area contributed by atoms with Crippen molar-refractivity contribution in [3.63, 3.8) is 0 Å². The van der Waals surface area contributed by atoms with Crippen LogP contribution in [0.5, 0.6) is 0 Å². The zero-order valence-corrected chi connectivity index (χ0v) is 10.8. The Kier molecular flexibility index (Phi) is 3.79. The van der Waals surface area contributed by atoms with Crippen molar-refractivity contribution in [1.82, 2.24) is 9.78 Å². The first-order valence-electron chi connectivity index (χ1n) is 5.98. The van der Waals surface area contributed by atoms with E-state index in [1.54, 1.807) is 23.7 Å². The molecule has 0 fully saturated rings. The number of hydrogen-bond donors (Lipinski definition) is 1. The number of carboxylic acids is 1. The minimum Gasteiger partial charge on any atom is -0.478 e. The maximum Gasteiger partial charge on any atom is 0.339 e. The van der Waals surface area contributed by atoms with Crippen LogP contribution in [0.25, 0.3) is 0 Å². The molecule has 0 radical (unpaired) electrons. The Morgan fingerprint density at radius 2 is 2.05 bits per heavy atom. The van der Waals surface area contributed by atoms with Gasteiger partial charge in [-0.05, 0) is 18.9 Å². The van der Waals surface area contributed by atoms with Crippen LogP contribution in [0.2, 0.25) is 0 Å². The molecule has 1 aromatic heterocycles. The number of rotatable bonds is 5. The van der Waals surface area contributed by atoms with E-state index in [0.29, 0.717) is 18.7 Å². The lowest BCUT2D eigenvalue weighted by molar-refractivity contribution is -0.384. The van der Waals surface area contributed by atoms with Crippen molar-refractivity contribution in [1.29, 1.82) is 0 Å². The fraction of sp³-hybridized carbons (Fsp3) is 0.231. The van der Waals surface area contributed by atoms with Gasteiger partial charge < -0.3 is 5.11 Å². The van der Waals surface area contributed by atoms with Crippen molar-refractivity contribution < 1.29 is 14.8 Å². The first-order valence-corrected chi connectivity index (χ1v) is 5.98. The predicted octanol–water partition coefficient (Wildman–Crippen LogP) is 2.04. The lowest BCUT2D eigenvalue weighted by Gasteiger charge is -2.05. The Bertz CT molecular complexity index is 646. The van der Waals surface area contributed by atoms with Gasteiger partial charge in [0.25, 0.3) is 5.69 Å². The van der Waals surface area contributed by atoms with Gasteiger partial charge in [-0.25, -0.2) is 4.79 Å². The molecule has 0 aliphatic rings. The van der Waals surface area contributed by atoms with Gasteiger partial charge in [-0.1, -0.05) is 12.1 Å². The van der Waals surface area contributed by atoms with Gasteiger partial charge in [-0.2, -0.15) is 5.10 Å². The zero-order valence-electron chi connectivity index (χ0n) is 10.8. The molecule has 0 saturated heterocycles. The van der Waals surface area contributed by atoms with E-state index in [0.717, 1.165) is 5.56 Å². The van der Waals surface area contributed by atoms with Gasteiger partial charge in [0.1, 0.15) is 5.56 Å². The van der Waals surface area contributed by atoms with E-state index < -0.39 is 10.9 Å². The second kappa shape index (κ2) is 5.52. The molecule has 7 heteroatoms. The second-order valence-corrected chi connectivity index (χ2v) is 4.35. The monoisotopic (exact) mass is 275 g/mol. The van der Waals surface area contributed by atoms with Gasteiger partial charge in [-0.3, -0.25) is 14.8 Å². The summed E-state index contributed by atoms with van der Waals surface area (Å²) in [6.07, 6.45) is 1.95. The number of nitrogens with zero attached hydrogens (tertiary/aromatic N) is 3. The summed E-state index contributed by atoms with van der Waals surface area (Å²) < 4.78 is 1.62. The minimum absolute atomic E-state index is 0.0529. The molecular formula is C13H13N3O4. The maximum absolute atomic E-state index is 10.9. The van der Waals surface area contributed by atoms with Crippen LogP contribution in [0.1, 0.15) is 21.6 Å². The Morgan fingerprint density at radius 3 is 2.55 bits per heavy atom. The van der Waals surface area contributed by atoms with Crippen LogP contribution in [0.4, 0.5) is 5.69 Å². The number of aromatic carboxylic acids is 1. The number of nitro groups is 1. The molecule has 0 spiro atoms. The van der Waals surface area contributed by atoms with Gasteiger partial charge in [0.2, 0.25) is 0 Å². The fourth-order valence-electron chi connectivity index (χ4n) is 1.90. The van der Waals surface area contributed by atoms with Crippen LogP contribution in [0.15, 0.2) is 30.5 Å². The average molecular weight is 275 g/mol. The number of nitro benzene ring substituents is 1. The number of aromatic nitrogens is 2. The minimum atomic E-state index is -0.996. The van der Waals surface area contributed by atoms with E-state index in [1.807, 2.05) is 0 Å². The molecule has 0 amide bonds. The predicted molar refractivity (Wildman–Crippen MR) is 70.7 cm³/mol. The number of non-ortho nitro benzene ring substituents is 1. The standard InChI is InChI=1S/C13H13N3O4/c1-9-12(13(17)18)8-14-15(9)7-6-10-2-4-11(5-3-10)16(19)20/h2-5,8H,6-7H2,1H3,(H,17,18). The summed E-state index contributed by atoms with van der Waals surface area (Å²) in [6.45, 7) is 2.23. The highest BCUT2D eigenvalue weighted by atomic mass is 16.6. The number of carboxylic acid groups (broad SMARTS) is 1. The first kappa shape index (κ1) is 13.7. The van der Waals surface area contributed by atoms with Crippen molar-refractivity contribution in [3.8, 4) is 0 Å². The van der Waals surface area contributed by atoms with Crippen molar-refractivity contribution in [2.45, 2.75) is 19.9 Å². The van der Waals surface area contributed by atoms with Gasteiger partial charge in [0, 0.05) is 24.4 Å². The van der Waals surface area contributed by atoms with Crippen LogP contribution < -0.4 is 0 Å². The number of carbonyl (C=O) groups is 1. The van der Waals surface area contributed by atoms with Gasteiger partial charge >= 0.3 is 5.97 Å². The van der Waals surface area contributed by atoms with Crippen LogP contribution in [0, 0.1) is 17.0 Å². The third-order valence-electron chi connectivity index (χ3n) is 3.09. The Balaban J connectivity index is 2.05. The summed E-state index contributed by atoms with van der Waals surface area (Å²) in [5, 5.41) is 23.5. The fourth-order valence-corrected chi connectivity index (χ4v) is 1.90. The van der Waals surface area contributed by atoms with Crippen molar-refractivity contribution >= 4 is 11.7 Å². The molecule has 0 bridgehead atoms. The Morgan fingerprint density at radius 1 is 1.40 bits per heavy atom.